The van der Waals surface area contributed by atoms with Crippen molar-refractivity contribution in [3.8, 4) is 23.0 Å². The molecule has 6 rings (SSSR count). The van der Waals surface area contributed by atoms with Crippen LogP contribution in [0.3, 0.4) is 0 Å². The number of carbonyl (C=O) groups is 2. The van der Waals surface area contributed by atoms with E-state index in [0.29, 0.717) is 34.1 Å². The highest BCUT2D eigenvalue weighted by molar-refractivity contribution is 7.07. The first-order valence-corrected chi connectivity index (χ1v) is 13.3. The van der Waals surface area contributed by atoms with Crippen molar-refractivity contribution < 1.29 is 38.0 Å². The summed E-state index contributed by atoms with van der Waals surface area (Å²) in [4.78, 5) is 40.6. The average Bonchev–Trinajstić information content (AvgIpc) is 3.67. The SMILES string of the molecule is CCOC(=O)C1=C(N)n2c(s/c(=C/c3ccc4c(c3)OCO4)c2=O)=C(C(=O)OCC)[C@H]1c1ccc2c(c1)OCO2. The van der Waals surface area contributed by atoms with E-state index >= 15 is 0 Å². The topological polar surface area (TPSA) is 138 Å². The van der Waals surface area contributed by atoms with Gasteiger partial charge in [-0.05, 0) is 55.3 Å². The Balaban J connectivity index is 1.63. The smallest absolute Gasteiger partial charge is 0.338 e. The van der Waals surface area contributed by atoms with E-state index in [0.717, 1.165) is 11.3 Å². The van der Waals surface area contributed by atoms with Gasteiger partial charge in [0, 0.05) is 0 Å². The molecule has 0 fully saturated rings. The summed E-state index contributed by atoms with van der Waals surface area (Å²) >= 11 is 1.07. The summed E-state index contributed by atoms with van der Waals surface area (Å²) in [6.45, 7) is 3.63. The molecule has 0 spiro atoms. The number of hydrogen-bond donors (Lipinski definition) is 1. The van der Waals surface area contributed by atoms with Gasteiger partial charge in [0.1, 0.15) is 10.5 Å². The Bertz CT molecular complexity index is 1770. The molecule has 11 nitrogen and oxygen atoms in total. The van der Waals surface area contributed by atoms with Crippen molar-refractivity contribution in [1.82, 2.24) is 4.57 Å². The predicted octanol–water partition coefficient (Wildman–Crippen LogP) is 1.40. The lowest BCUT2D eigenvalue weighted by Crippen LogP contribution is -2.42. The standard InChI is InChI=1S/C28H24N2O9S/c1-3-34-27(32)22-21(15-6-8-17-19(11-15)39-13-37-17)23(28(33)35-4-2)26-30(24(22)29)25(31)20(40-26)10-14-5-7-16-18(9-14)38-12-36-16/h5-11,21H,3-4,12-13,29H2,1-2H3/b20-10+/t21-/m0/s1. The molecule has 0 radical (unpaired) electrons. The van der Waals surface area contributed by atoms with Gasteiger partial charge in [0.15, 0.2) is 23.0 Å². The van der Waals surface area contributed by atoms with E-state index in [4.69, 9.17) is 34.2 Å². The summed E-state index contributed by atoms with van der Waals surface area (Å²) in [5.41, 5.74) is 7.30. The zero-order chi connectivity index (χ0) is 28.0. The van der Waals surface area contributed by atoms with Gasteiger partial charge in [0.2, 0.25) is 13.6 Å². The first kappa shape index (κ1) is 25.6. The molecule has 0 unspecified atom stereocenters. The fourth-order valence-electron chi connectivity index (χ4n) is 4.84. The molecule has 1 atom stereocenters. The van der Waals surface area contributed by atoms with Crippen molar-refractivity contribution in [3.05, 3.63) is 72.6 Å². The molecule has 1 aromatic heterocycles. The van der Waals surface area contributed by atoms with Crippen LogP contribution in [0.2, 0.25) is 0 Å². The summed E-state index contributed by atoms with van der Waals surface area (Å²) in [5.74, 6) is -0.427. The van der Waals surface area contributed by atoms with Gasteiger partial charge in [-0.25, -0.2) is 9.59 Å². The highest BCUT2D eigenvalue weighted by Crippen LogP contribution is 2.42. The molecule has 0 saturated heterocycles. The molecule has 2 aromatic carbocycles. The van der Waals surface area contributed by atoms with Crippen LogP contribution in [0.5, 0.6) is 23.0 Å². The molecule has 12 heteroatoms. The van der Waals surface area contributed by atoms with Crippen LogP contribution >= 0.6 is 11.3 Å². The minimum Gasteiger partial charge on any atom is -0.463 e. The second-order valence-corrected chi connectivity index (χ2v) is 9.90. The molecule has 206 valence electrons. The number of rotatable bonds is 6. The summed E-state index contributed by atoms with van der Waals surface area (Å²) in [6, 6.07) is 10.4. The highest BCUT2D eigenvalue weighted by Gasteiger charge is 2.40. The Morgan fingerprint density at radius 2 is 1.52 bits per heavy atom. The average molecular weight is 565 g/mol. The van der Waals surface area contributed by atoms with Gasteiger partial charge >= 0.3 is 11.9 Å². The molecule has 0 bridgehead atoms. The van der Waals surface area contributed by atoms with Crippen LogP contribution in [0.4, 0.5) is 0 Å². The minimum absolute atomic E-state index is 0.0458. The molecular formula is C28H24N2O9S. The summed E-state index contributed by atoms with van der Waals surface area (Å²) in [6.07, 6.45) is 1.66. The number of thiazole rings is 1. The lowest BCUT2D eigenvalue weighted by Gasteiger charge is -2.27. The molecule has 2 N–H and O–H groups in total. The highest BCUT2D eigenvalue weighted by atomic mass is 32.1. The zero-order valence-electron chi connectivity index (χ0n) is 21.6. The van der Waals surface area contributed by atoms with E-state index < -0.39 is 23.4 Å². The van der Waals surface area contributed by atoms with Crippen molar-refractivity contribution >= 4 is 40.7 Å². The molecule has 0 amide bonds. The van der Waals surface area contributed by atoms with Crippen LogP contribution in [-0.4, -0.2) is 43.3 Å². The third-order valence-corrected chi connectivity index (χ3v) is 7.67. The number of ether oxygens (including phenoxy) is 6. The van der Waals surface area contributed by atoms with Gasteiger partial charge in [-0.15, -0.1) is 11.3 Å². The van der Waals surface area contributed by atoms with Crippen molar-refractivity contribution in [3.63, 3.8) is 0 Å². The molecule has 3 aromatic rings. The molecular weight excluding hydrogens is 540 g/mol. The van der Waals surface area contributed by atoms with Crippen LogP contribution in [0.25, 0.3) is 17.5 Å². The Kier molecular flexibility index (Phi) is 6.46. The number of esters is 2. The summed E-state index contributed by atoms with van der Waals surface area (Å²) in [5, 5.41) is 0. The Labute approximate surface area is 231 Å². The van der Waals surface area contributed by atoms with E-state index in [-0.39, 0.29) is 53.0 Å². The third-order valence-electron chi connectivity index (χ3n) is 6.56. The van der Waals surface area contributed by atoms with Gasteiger partial charge in [-0.2, -0.15) is 0 Å². The van der Waals surface area contributed by atoms with Crippen LogP contribution in [0, 0.1) is 0 Å². The molecule has 3 aliphatic heterocycles. The van der Waals surface area contributed by atoms with Crippen LogP contribution < -0.4 is 39.4 Å². The van der Waals surface area contributed by atoms with Gasteiger partial charge in [-0.1, -0.05) is 12.1 Å². The number of aromatic nitrogens is 1. The van der Waals surface area contributed by atoms with Crippen molar-refractivity contribution in [2.45, 2.75) is 19.8 Å². The number of carbonyl (C=O) groups excluding carboxylic acids is 2. The maximum atomic E-state index is 13.7. The Hall–Kier alpha value is -4.71. The molecule has 4 heterocycles. The first-order valence-electron chi connectivity index (χ1n) is 12.5. The normalized spacial score (nSPS) is 17.2. The van der Waals surface area contributed by atoms with E-state index in [9.17, 15) is 14.4 Å². The van der Waals surface area contributed by atoms with Gasteiger partial charge in [0.05, 0.1) is 34.8 Å². The Morgan fingerprint density at radius 3 is 2.20 bits per heavy atom. The maximum Gasteiger partial charge on any atom is 0.338 e. The Morgan fingerprint density at radius 1 is 0.925 bits per heavy atom. The van der Waals surface area contributed by atoms with Crippen LogP contribution in [0.15, 0.2) is 46.8 Å². The number of benzene rings is 2. The summed E-state index contributed by atoms with van der Waals surface area (Å²) < 4.78 is 34.3. The fourth-order valence-corrected chi connectivity index (χ4v) is 6.01. The number of hydrogen-bond acceptors (Lipinski definition) is 11. The lowest BCUT2D eigenvalue weighted by molar-refractivity contribution is -0.138. The van der Waals surface area contributed by atoms with E-state index in [1.165, 1.54) is 4.57 Å². The van der Waals surface area contributed by atoms with Crippen LogP contribution in [0.1, 0.15) is 30.9 Å². The first-order chi connectivity index (χ1) is 19.4. The van der Waals surface area contributed by atoms with Gasteiger partial charge in [-0.3, -0.25) is 9.36 Å². The molecule has 0 saturated carbocycles. The van der Waals surface area contributed by atoms with Crippen molar-refractivity contribution in [2.75, 3.05) is 26.8 Å². The quantitative estimate of drug-likeness (QED) is 0.437. The molecule has 3 aliphatic rings. The van der Waals surface area contributed by atoms with Crippen LogP contribution in [-0.2, 0) is 19.1 Å². The van der Waals surface area contributed by atoms with Crippen molar-refractivity contribution in [2.24, 2.45) is 5.73 Å². The third kappa shape index (κ3) is 4.16. The van der Waals surface area contributed by atoms with Gasteiger partial charge in [0.25, 0.3) is 5.56 Å². The fraction of sp³-hybridized carbons (Fsp3) is 0.250. The monoisotopic (exact) mass is 564 g/mol. The molecule has 40 heavy (non-hydrogen) atoms. The van der Waals surface area contributed by atoms with E-state index in [1.807, 2.05) is 0 Å². The second kappa shape index (κ2) is 10.1. The molecule has 0 aliphatic carbocycles. The number of fused-ring (bicyclic) bond motifs is 3. The van der Waals surface area contributed by atoms with E-state index in [1.54, 1.807) is 56.3 Å². The zero-order valence-corrected chi connectivity index (χ0v) is 22.4. The maximum absolute atomic E-state index is 13.7. The number of nitrogens with two attached hydrogens (primary N) is 1. The van der Waals surface area contributed by atoms with Crippen molar-refractivity contribution in [1.29, 1.82) is 0 Å². The predicted molar refractivity (Wildman–Crippen MR) is 143 cm³/mol. The van der Waals surface area contributed by atoms with E-state index in [2.05, 4.69) is 0 Å². The summed E-state index contributed by atoms with van der Waals surface area (Å²) in [7, 11) is 0. The second-order valence-electron chi connectivity index (χ2n) is 8.87. The number of nitrogens with zero attached hydrogens (tertiary/aromatic N) is 1. The largest absolute Gasteiger partial charge is 0.463 e. The lowest BCUT2D eigenvalue weighted by atomic mass is 9.83. The minimum atomic E-state index is -0.996. The van der Waals surface area contributed by atoms with Gasteiger partial charge < -0.3 is 34.2 Å².